The molecule has 6 nitrogen and oxygen atoms in total. The fraction of sp³-hybridized carbons (Fsp3) is 0.147. The number of fused-ring (bicyclic) bond motifs is 3. The minimum atomic E-state index is -0.211. The number of hydrogen-bond donors (Lipinski definition) is 0. The van der Waals surface area contributed by atoms with Crippen LogP contribution in [0.15, 0.2) is 109 Å². The Bertz CT molecular complexity index is 1400. The molecule has 6 rings (SSSR count). The van der Waals surface area contributed by atoms with Crippen LogP contribution in [-0.4, -0.2) is 28.4 Å². The quantitative estimate of drug-likeness (QED) is 0.210. The van der Waals surface area contributed by atoms with Gasteiger partial charge in [0.2, 0.25) is 0 Å². The minimum absolute atomic E-state index is 0. The van der Waals surface area contributed by atoms with Crippen molar-refractivity contribution >= 4 is 21.5 Å². The van der Waals surface area contributed by atoms with Gasteiger partial charge >= 0.3 is 26.2 Å². The van der Waals surface area contributed by atoms with E-state index in [9.17, 15) is 10.2 Å². The van der Waals surface area contributed by atoms with Crippen LogP contribution in [0.5, 0.6) is 34.5 Å². The molecule has 0 bridgehead atoms. The second-order valence-corrected chi connectivity index (χ2v) is 8.31. The zero-order valence-electron chi connectivity index (χ0n) is 23.5. The van der Waals surface area contributed by atoms with Crippen molar-refractivity contribution in [3.05, 3.63) is 115 Å². The minimum Gasteiger partial charge on any atom is -0.867 e. The molecule has 1 aliphatic rings. The molecule has 0 atom stereocenters. The van der Waals surface area contributed by atoms with Crippen molar-refractivity contribution in [1.82, 2.24) is 0 Å². The van der Waals surface area contributed by atoms with Gasteiger partial charge in [0.25, 0.3) is 0 Å². The van der Waals surface area contributed by atoms with Crippen LogP contribution in [-0.2, 0) is 26.2 Å². The molecule has 7 heteroatoms. The molecular weight excluding hydrogens is 596 g/mol. The van der Waals surface area contributed by atoms with Gasteiger partial charge in [0.1, 0.15) is 23.0 Å². The van der Waals surface area contributed by atoms with Crippen molar-refractivity contribution in [3.8, 4) is 34.5 Å². The monoisotopic (exact) mass is 626 g/mol. The van der Waals surface area contributed by atoms with Gasteiger partial charge in [-0.05, 0) is 35.8 Å². The molecular formula is C34H32O6Zr. The summed E-state index contributed by atoms with van der Waals surface area (Å²) >= 11 is 0. The molecule has 0 amide bonds. The summed E-state index contributed by atoms with van der Waals surface area (Å²) in [4.78, 5) is 0. The van der Waals surface area contributed by atoms with Crippen LogP contribution in [0.2, 0.25) is 0 Å². The maximum Gasteiger partial charge on any atom is 4.00 e. The van der Waals surface area contributed by atoms with Gasteiger partial charge in [-0.15, -0.1) is 46.2 Å². The first kappa shape index (κ1) is 33.1. The summed E-state index contributed by atoms with van der Waals surface area (Å²) in [6.07, 6.45) is 10.0. The first-order valence-corrected chi connectivity index (χ1v) is 12.5. The van der Waals surface area contributed by atoms with Crippen LogP contribution in [0.4, 0.5) is 0 Å². The Labute approximate surface area is 260 Å². The summed E-state index contributed by atoms with van der Waals surface area (Å²) in [5, 5.41) is 27.8. The second kappa shape index (κ2) is 17.6. The van der Waals surface area contributed by atoms with E-state index in [0.717, 1.165) is 6.42 Å². The Kier molecular flexibility index (Phi) is 14.2. The molecule has 0 aliphatic heterocycles. The third kappa shape index (κ3) is 9.22. The number of benzene rings is 4. The molecule has 0 spiro atoms. The maximum atomic E-state index is 11.2. The average molecular weight is 628 g/mol. The van der Waals surface area contributed by atoms with Crippen LogP contribution < -0.4 is 29.2 Å². The van der Waals surface area contributed by atoms with E-state index in [0.29, 0.717) is 23.0 Å². The van der Waals surface area contributed by atoms with Crippen molar-refractivity contribution in [1.29, 1.82) is 0 Å². The van der Waals surface area contributed by atoms with Gasteiger partial charge in [0.05, 0.1) is 28.4 Å². The smallest absolute Gasteiger partial charge is 0.867 e. The summed E-state index contributed by atoms with van der Waals surface area (Å²) in [7, 11) is 5.82. The zero-order valence-corrected chi connectivity index (χ0v) is 26.0. The van der Waals surface area contributed by atoms with E-state index in [1.54, 1.807) is 36.4 Å². The SMILES string of the molecule is COc1cccc(OC)c1[O-].COc1cccc(OC)c1[O-].[C-]1=CC=CC1.[Zr+4].c1ccc2c(c1)[cH-]c1ccccc12. The van der Waals surface area contributed by atoms with E-state index in [4.69, 9.17) is 18.9 Å². The number of para-hydroxylation sites is 2. The maximum absolute atomic E-state index is 11.2. The third-order valence-corrected chi connectivity index (χ3v) is 5.87. The molecule has 0 unspecified atom stereocenters. The van der Waals surface area contributed by atoms with Crippen molar-refractivity contribution in [2.45, 2.75) is 6.42 Å². The van der Waals surface area contributed by atoms with Crippen molar-refractivity contribution in [2.24, 2.45) is 0 Å². The first-order chi connectivity index (χ1) is 19.5. The van der Waals surface area contributed by atoms with E-state index in [2.05, 4.69) is 66.7 Å². The average Bonchev–Trinajstić information content (AvgIpc) is 3.70. The molecule has 0 fully saturated rings. The number of rotatable bonds is 4. The summed E-state index contributed by atoms with van der Waals surface area (Å²) in [6, 6.07) is 29.1. The topological polar surface area (TPSA) is 83.0 Å². The van der Waals surface area contributed by atoms with Crippen LogP contribution in [0.3, 0.4) is 0 Å². The van der Waals surface area contributed by atoms with Crippen LogP contribution in [0, 0.1) is 6.08 Å². The van der Waals surface area contributed by atoms with Gasteiger partial charge in [-0.1, -0.05) is 48.5 Å². The van der Waals surface area contributed by atoms with E-state index in [1.807, 2.05) is 12.2 Å². The standard InChI is InChI=1S/C13H9.2C8H10O3.C5H5.Zr/c1-3-7-12-10(5-1)9-11-6-2-4-8-13(11)12;2*1-10-6-4-3-5-7(11-2)8(6)9;1-2-4-5-3-1;/h1-9H;2*3-5,9H,1-2H3;1-3H,4H2;/q-1;;;-1;+4/p-2. The van der Waals surface area contributed by atoms with Gasteiger partial charge in [0, 0.05) is 0 Å². The Hall–Kier alpha value is -4.09. The molecule has 0 saturated heterocycles. The molecule has 5 aromatic carbocycles. The number of hydrogen-bond acceptors (Lipinski definition) is 6. The number of ether oxygens (including phenoxy) is 4. The van der Waals surface area contributed by atoms with Crippen molar-refractivity contribution < 1.29 is 55.4 Å². The molecule has 0 radical (unpaired) electrons. The summed E-state index contributed by atoms with van der Waals surface area (Å²) in [6.45, 7) is 0. The fourth-order valence-corrected chi connectivity index (χ4v) is 3.88. The van der Waals surface area contributed by atoms with Crippen LogP contribution in [0.1, 0.15) is 6.42 Å². The molecule has 1 aliphatic carbocycles. The van der Waals surface area contributed by atoms with E-state index < -0.39 is 0 Å². The summed E-state index contributed by atoms with van der Waals surface area (Å²) in [5.74, 6) is 0.817. The molecule has 0 aromatic heterocycles. The van der Waals surface area contributed by atoms with Gasteiger partial charge in [-0.3, -0.25) is 6.08 Å². The summed E-state index contributed by atoms with van der Waals surface area (Å²) in [5.41, 5.74) is 0. The Morgan fingerprint density at radius 3 is 1.27 bits per heavy atom. The number of methoxy groups -OCH3 is 4. The van der Waals surface area contributed by atoms with Crippen LogP contribution >= 0.6 is 0 Å². The molecule has 0 N–H and O–H groups in total. The molecule has 41 heavy (non-hydrogen) atoms. The first-order valence-electron chi connectivity index (χ1n) is 12.5. The van der Waals surface area contributed by atoms with Gasteiger partial charge in [0.15, 0.2) is 0 Å². The Morgan fingerprint density at radius 1 is 0.585 bits per heavy atom. The molecule has 5 aromatic rings. The van der Waals surface area contributed by atoms with Crippen molar-refractivity contribution in [2.75, 3.05) is 28.4 Å². The van der Waals surface area contributed by atoms with Gasteiger partial charge < -0.3 is 29.2 Å². The second-order valence-electron chi connectivity index (χ2n) is 8.31. The zero-order chi connectivity index (χ0) is 28.7. The third-order valence-electron chi connectivity index (χ3n) is 5.87. The van der Waals surface area contributed by atoms with E-state index >= 15 is 0 Å². The van der Waals surface area contributed by atoms with Crippen LogP contribution in [0.25, 0.3) is 21.5 Å². The molecule has 0 heterocycles. The predicted octanol–water partition coefficient (Wildman–Crippen LogP) is 6.57. The Balaban J connectivity index is 0.000000197. The van der Waals surface area contributed by atoms with Gasteiger partial charge in [-0.25, -0.2) is 12.2 Å². The normalized spacial score (nSPS) is 10.6. The molecule has 0 saturated carbocycles. The summed E-state index contributed by atoms with van der Waals surface area (Å²) < 4.78 is 19.2. The number of allylic oxidation sites excluding steroid dienone is 4. The predicted molar refractivity (Wildman–Crippen MR) is 157 cm³/mol. The van der Waals surface area contributed by atoms with Crippen molar-refractivity contribution in [3.63, 3.8) is 0 Å². The van der Waals surface area contributed by atoms with E-state index in [-0.39, 0.29) is 37.7 Å². The largest absolute Gasteiger partial charge is 4.00 e. The Morgan fingerprint density at radius 2 is 0.976 bits per heavy atom. The molecule has 208 valence electrons. The van der Waals surface area contributed by atoms with Gasteiger partial charge in [-0.2, -0.15) is 6.08 Å². The fourth-order valence-electron chi connectivity index (χ4n) is 3.88. The van der Waals surface area contributed by atoms with E-state index in [1.165, 1.54) is 50.0 Å².